The molecule has 1 aromatic rings. The third-order valence-electron chi connectivity index (χ3n) is 2.10. The molecule has 1 aromatic carbocycles. The first-order chi connectivity index (χ1) is 8.54. The minimum atomic E-state index is -1.07. The average Bonchev–Trinajstić information content (AvgIpc) is 2.34. The van der Waals surface area contributed by atoms with Gasteiger partial charge in [0.15, 0.2) is 6.61 Å². The van der Waals surface area contributed by atoms with E-state index in [1.807, 2.05) is 29.5 Å². The van der Waals surface area contributed by atoms with Gasteiger partial charge in [-0.25, -0.2) is 4.79 Å². The number of aromatic carboxylic acids is 1. The van der Waals surface area contributed by atoms with Crippen molar-refractivity contribution in [3.8, 4) is 5.75 Å². The third kappa shape index (κ3) is 4.52. The predicted molar refractivity (Wildman–Crippen MR) is 74.9 cm³/mol. The van der Waals surface area contributed by atoms with E-state index < -0.39 is 5.97 Å². The monoisotopic (exact) mass is 363 g/mol. The smallest absolute Gasteiger partial charge is 0.339 e. The number of carboxylic acids is 1. The molecule has 0 aliphatic carbocycles. The van der Waals surface area contributed by atoms with Crippen LogP contribution in [0.5, 0.6) is 5.75 Å². The summed E-state index contributed by atoms with van der Waals surface area (Å²) in [6.07, 6.45) is 0.843. The van der Waals surface area contributed by atoms with E-state index in [9.17, 15) is 9.59 Å². The van der Waals surface area contributed by atoms with Crippen molar-refractivity contribution in [2.75, 3.05) is 13.2 Å². The highest BCUT2D eigenvalue weighted by Crippen LogP contribution is 2.21. The maximum atomic E-state index is 11.3. The number of hydrogen-bond donors (Lipinski definition) is 2. The molecule has 2 N–H and O–H groups in total. The molecule has 0 aliphatic heterocycles. The zero-order valence-electron chi connectivity index (χ0n) is 9.90. The molecule has 0 heterocycles. The average molecular weight is 363 g/mol. The van der Waals surface area contributed by atoms with Gasteiger partial charge >= 0.3 is 5.97 Å². The standard InChI is InChI=1S/C12H14INO4/c1-2-5-14-11(15)7-18-10-4-3-8(13)6-9(10)12(16)17/h3-4,6H,2,5,7H2,1H3,(H,14,15)(H,16,17). The molecule has 0 fully saturated rings. The van der Waals surface area contributed by atoms with Gasteiger partial charge in [-0.2, -0.15) is 0 Å². The van der Waals surface area contributed by atoms with E-state index in [0.29, 0.717) is 6.54 Å². The predicted octanol–water partition coefficient (Wildman–Crippen LogP) is 1.89. The summed E-state index contributed by atoms with van der Waals surface area (Å²) in [6, 6.07) is 4.78. The van der Waals surface area contributed by atoms with Crippen LogP contribution in [0.2, 0.25) is 0 Å². The second-order valence-electron chi connectivity index (χ2n) is 3.58. The molecule has 5 nitrogen and oxygen atoms in total. The third-order valence-corrected chi connectivity index (χ3v) is 2.77. The first-order valence-electron chi connectivity index (χ1n) is 5.47. The number of rotatable bonds is 6. The highest BCUT2D eigenvalue weighted by atomic mass is 127. The summed E-state index contributed by atoms with van der Waals surface area (Å²) in [5, 5.41) is 11.7. The Morgan fingerprint density at radius 1 is 1.44 bits per heavy atom. The van der Waals surface area contributed by atoms with E-state index in [0.717, 1.165) is 9.99 Å². The number of ether oxygens (including phenoxy) is 1. The summed E-state index contributed by atoms with van der Waals surface area (Å²) in [5.41, 5.74) is 0.0604. The lowest BCUT2D eigenvalue weighted by Gasteiger charge is -2.09. The molecule has 18 heavy (non-hydrogen) atoms. The maximum absolute atomic E-state index is 11.3. The largest absolute Gasteiger partial charge is 0.483 e. The minimum Gasteiger partial charge on any atom is -0.483 e. The Labute approximate surface area is 119 Å². The Balaban J connectivity index is 2.67. The first-order valence-corrected chi connectivity index (χ1v) is 6.54. The van der Waals surface area contributed by atoms with Gasteiger partial charge in [-0.15, -0.1) is 0 Å². The molecule has 98 valence electrons. The maximum Gasteiger partial charge on any atom is 0.339 e. The molecular formula is C12H14INO4. The number of carbonyl (C=O) groups is 2. The van der Waals surface area contributed by atoms with Gasteiger partial charge in [0.2, 0.25) is 0 Å². The topological polar surface area (TPSA) is 75.6 Å². The quantitative estimate of drug-likeness (QED) is 0.757. The van der Waals surface area contributed by atoms with Crippen molar-refractivity contribution in [1.82, 2.24) is 5.32 Å². The van der Waals surface area contributed by atoms with Gasteiger partial charge in [0.25, 0.3) is 5.91 Å². The van der Waals surface area contributed by atoms with Gasteiger partial charge in [-0.3, -0.25) is 4.79 Å². The summed E-state index contributed by atoms with van der Waals surface area (Å²) in [5.74, 6) is -1.13. The molecule has 0 atom stereocenters. The normalized spacial score (nSPS) is 9.89. The Bertz CT molecular complexity index is 448. The van der Waals surface area contributed by atoms with E-state index in [2.05, 4.69) is 5.32 Å². The van der Waals surface area contributed by atoms with E-state index in [4.69, 9.17) is 9.84 Å². The molecule has 0 aliphatic rings. The highest BCUT2D eigenvalue weighted by molar-refractivity contribution is 14.1. The van der Waals surface area contributed by atoms with Crippen molar-refractivity contribution in [1.29, 1.82) is 0 Å². The number of amides is 1. The van der Waals surface area contributed by atoms with Gasteiger partial charge in [-0.1, -0.05) is 6.92 Å². The first kappa shape index (κ1) is 14.7. The Hall–Kier alpha value is -1.31. The molecule has 0 unspecified atom stereocenters. The van der Waals surface area contributed by atoms with Crippen LogP contribution in [0.3, 0.4) is 0 Å². The number of benzene rings is 1. The molecule has 1 rings (SSSR count). The fraction of sp³-hybridized carbons (Fsp3) is 0.333. The lowest BCUT2D eigenvalue weighted by molar-refractivity contribution is -0.123. The molecule has 0 saturated heterocycles. The van der Waals surface area contributed by atoms with Crippen LogP contribution in [0, 0.1) is 3.57 Å². The highest BCUT2D eigenvalue weighted by Gasteiger charge is 2.12. The van der Waals surface area contributed by atoms with Crippen molar-refractivity contribution in [2.45, 2.75) is 13.3 Å². The second-order valence-corrected chi connectivity index (χ2v) is 4.83. The zero-order chi connectivity index (χ0) is 13.5. The van der Waals surface area contributed by atoms with Crippen molar-refractivity contribution in [2.24, 2.45) is 0 Å². The molecule has 1 amide bonds. The van der Waals surface area contributed by atoms with Crippen molar-refractivity contribution in [3.05, 3.63) is 27.3 Å². The second kappa shape index (κ2) is 7.20. The van der Waals surface area contributed by atoms with E-state index >= 15 is 0 Å². The molecule has 0 saturated carbocycles. The van der Waals surface area contributed by atoms with Gasteiger partial charge in [-0.05, 0) is 47.2 Å². The SMILES string of the molecule is CCCNC(=O)COc1ccc(I)cc1C(=O)O. The number of carboxylic acid groups (broad SMARTS) is 1. The van der Waals surface area contributed by atoms with Gasteiger partial charge in [0.1, 0.15) is 11.3 Å². The summed E-state index contributed by atoms with van der Waals surface area (Å²) in [6.45, 7) is 2.35. The molecule has 0 aromatic heterocycles. The van der Waals surface area contributed by atoms with Crippen LogP contribution < -0.4 is 10.1 Å². The van der Waals surface area contributed by atoms with E-state index in [1.54, 1.807) is 12.1 Å². The van der Waals surface area contributed by atoms with Crippen LogP contribution in [0.4, 0.5) is 0 Å². The zero-order valence-corrected chi connectivity index (χ0v) is 12.1. The fourth-order valence-electron chi connectivity index (χ4n) is 1.25. The van der Waals surface area contributed by atoms with Crippen LogP contribution in [0.25, 0.3) is 0 Å². The number of carbonyl (C=O) groups excluding carboxylic acids is 1. The Morgan fingerprint density at radius 2 is 2.17 bits per heavy atom. The van der Waals surface area contributed by atoms with E-state index in [1.165, 1.54) is 6.07 Å². The van der Waals surface area contributed by atoms with Crippen molar-refractivity contribution >= 4 is 34.5 Å². The number of halogens is 1. The van der Waals surface area contributed by atoms with Crippen LogP contribution >= 0.6 is 22.6 Å². The summed E-state index contributed by atoms with van der Waals surface area (Å²) in [4.78, 5) is 22.3. The van der Waals surface area contributed by atoms with Crippen LogP contribution in [-0.2, 0) is 4.79 Å². The molecule has 6 heteroatoms. The molecule has 0 spiro atoms. The van der Waals surface area contributed by atoms with E-state index in [-0.39, 0.29) is 23.8 Å². The Morgan fingerprint density at radius 3 is 2.78 bits per heavy atom. The van der Waals surface area contributed by atoms with Crippen LogP contribution in [0.15, 0.2) is 18.2 Å². The number of nitrogens with one attached hydrogen (secondary N) is 1. The summed E-state index contributed by atoms with van der Waals surface area (Å²) < 4.78 is 6.01. The summed E-state index contributed by atoms with van der Waals surface area (Å²) in [7, 11) is 0. The molecule has 0 radical (unpaired) electrons. The Kier molecular flexibility index (Phi) is 5.90. The van der Waals surface area contributed by atoms with Gasteiger partial charge in [0.05, 0.1) is 0 Å². The lowest BCUT2D eigenvalue weighted by Crippen LogP contribution is -2.29. The van der Waals surface area contributed by atoms with Crippen LogP contribution in [-0.4, -0.2) is 30.1 Å². The van der Waals surface area contributed by atoms with Crippen LogP contribution in [0.1, 0.15) is 23.7 Å². The van der Waals surface area contributed by atoms with Crippen molar-refractivity contribution < 1.29 is 19.4 Å². The van der Waals surface area contributed by atoms with Gasteiger partial charge < -0.3 is 15.2 Å². The fourth-order valence-corrected chi connectivity index (χ4v) is 1.75. The molecular weight excluding hydrogens is 349 g/mol. The minimum absolute atomic E-state index is 0.0604. The van der Waals surface area contributed by atoms with Crippen molar-refractivity contribution in [3.63, 3.8) is 0 Å². The lowest BCUT2D eigenvalue weighted by atomic mass is 10.2. The molecule has 0 bridgehead atoms. The number of hydrogen-bond acceptors (Lipinski definition) is 3. The summed E-state index contributed by atoms with van der Waals surface area (Å²) >= 11 is 2.02. The van der Waals surface area contributed by atoms with Gasteiger partial charge in [0, 0.05) is 10.1 Å².